The van der Waals surface area contributed by atoms with E-state index in [0.717, 1.165) is 12.8 Å². The molecule has 0 heterocycles. The standard InChI is InChI=1S/C14H16/c1-11-9-13-7-5-3-4-6-8-14(13)10-12(11)2/h3-8,13-14H,1-2,9-10H2/b4-3-,7-5-,8-6-/t13-,14+. The van der Waals surface area contributed by atoms with E-state index < -0.39 is 0 Å². The van der Waals surface area contributed by atoms with Crippen molar-refractivity contribution in [3.63, 3.8) is 0 Å². The molecular formula is C14H16. The molecule has 2 aliphatic carbocycles. The first kappa shape index (κ1) is 9.26. The second-order valence-electron chi connectivity index (χ2n) is 4.10. The van der Waals surface area contributed by atoms with E-state index in [0.29, 0.717) is 11.8 Å². The van der Waals surface area contributed by atoms with Crippen LogP contribution in [0.3, 0.4) is 0 Å². The van der Waals surface area contributed by atoms with Crippen molar-refractivity contribution in [2.24, 2.45) is 11.8 Å². The Balaban J connectivity index is 2.24. The number of fused-ring (bicyclic) bond motifs is 1. The lowest BCUT2D eigenvalue weighted by atomic mass is 9.74. The van der Waals surface area contributed by atoms with Gasteiger partial charge in [-0.3, -0.25) is 0 Å². The third kappa shape index (κ3) is 1.79. The number of rotatable bonds is 0. The summed E-state index contributed by atoms with van der Waals surface area (Å²) in [6.07, 6.45) is 15.2. The second-order valence-corrected chi connectivity index (χ2v) is 4.10. The highest BCUT2D eigenvalue weighted by Crippen LogP contribution is 2.37. The summed E-state index contributed by atoms with van der Waals surface area (Å²) in [5, 5.41) is 0. The number of hydrogen-bond donors (Lipinski definition) is 0. The minimum Gasteiger partial charge on any atom is -0.0956 e. The van der Waals surface area contributed by atoms with Crippen molar-refractivity contribution in [1.29, 1.82) is 0 Å². The van der Waals surface area contributed by atoms with Crippen LogP contribution in [-0.2, 0) is 0 Å². The molecule has 1 fully saturated rings. The molecule has 0 nitrogen and oxygen atoms in total. The van der Waals surface area contributed by atoms with Gasteiger partial charge in [-0.2, -0.15) is 0 Å². The lowest BCUT2D eigenvalue weighted by Gasteiger charge is -2.30. The van der Waals surface area contributed by atoms with Crippen LogP contribution in [0.15, 0.2) is 60.8 Å². The Morgan fingerprint density at radius 3 is 1.64 bits per heavy atom. The number of allylic oxidation sites excluding steroid dienone is 8. The molecule has 2 atom stereocenters. The zero-order valence-electron chi connectivity index (χ0n) is 8.45. The van der Waals surface area contributed by atoms with Gasteiger partial charge >= 0.3 is 0 Å². The Hall–Kier alpha value is -1.30. The molecule has 72 valence electrons. The highest BCUT2D eigenvalue weighted by molar-refractivity contribution is 5.33. The molecule has 0 aromatic rings. The Morgan fingerprint density at radius 1 is 0.786 bits per heavy atom. The first-order chi connectivity index (χ1) is 6.77. The molecule has 0 aliphatic heterocycles. The lowest BCUT2D eigenvalue weighted by Crippen LogP contribution is -2.18. The monoisotopic (exact) mass is 184 g/mol. The minimum absolute atomic E-state index is 0.620. The average Bonchev–Trinajstić information content (AvgIpc) is 2.13. The molecule has 0 aromatic heterocycles. The topological polar surface area (TPSA) is 0 Å². The fourth-order valence-corrected chi connectivity index (χ4v) is 2.12. The predicted molar refractivity (Wildman–Crippen MR) is 61.9 cm³/mol. The van der Waals surface area contributed by atoms with Gasteiger partial charge in [-0.1, -0.05) is 60.8 Å². The molecule has 14 heavy (non-hydrogen) atoms. The van der Waals surface area contributed by atoms with Crippen molar-refractivity contribution in [3.05, 3.63) is 60.8 Å². The molecular weight excluding hydrogens is 168 g/mol. The van der Waals surface area contributed by atoms with E-state index in [1.807, 2.05) is 0 Å². The molecule has 1 saturated carbocycles. The van der Waals surface area contributed by atoms with Crippen LogP contribution in [0.5, 0.6) is 0 Å². The summed E-state index contributed by atoms with van der Waals surface area (Å²) >= 11 is 0. The van der Waals surface area contributed by atoms with Gasteiger partial charge in [0, 0.05) is 0 Å². The highest BCUT2D eigenvalue weighted by atomic mass is 14.3. The maximum absolute atomic E-state index is 4.06. The second kappa shape index (κ2) is 3.83. The van der Waals surface area contributed by atoms with Crippen LogP contribution in [0, 0.1) is 11.8 Å². The van der Waals surface area contributed by atoms with Crippen LogP contribution in [0.1, 0.15) is 12.8 Å². The van der Waals surface area contributed by atoms with Crippen molar-refractivity contribution < 1.29 is 0 Å². The van der Waals surface area contributed by atoms with Gasteiger partial charge in [0.2, 0.25) is 0 Å². The maximum atomic E-state index is 4.06. The molecule has 0 spiro atoms. The predicted octanol–water partition coefficient (Wildman–Crippen LogP) is 3.81. The van der Waals surface area contributed by atoms with E-state index >= 15 is 0 Å². The summed E-state index contributed by atoms with van der Waals surface area (Å²) in [7, 11) is 0. The van der Waals surface area contributed by atoms with Crippen LogP contribution < -0.4 is 0 Å². The Kier molecular flexibility index (Phi) is 2.53. The third-order valence-corrected chi connectivity index (χ3v) is 3.06. The molecule has 2 aliphatic rings. The normalized spacial score (nSPS) is 38.0. The summed E-state index contributed by atoms with van der Waals surface area (Å²) in [4.78, 5) is 0. The van der Waals surface area contributed by atoms with Crippen molar-refractivity contribution in [2.75, 3.05) is 0 Å². The fraction of sp³-hybridized carbons (Fsp3) is 0.286. The molecule has 0 saturated heterocycles. The minimum atomic E-state index is 0.620. The first-order valence-electron chi connectivity index (χ1n) is 5.15. The maximum Gasteiger partial charge on any atom is -0.0124 e. The Morgan fingerprint density at radius 2 is 1.21 bits per heavy atom. The molecule has 0 N–H and O–H groups in total. The van der Waals surface area contributed by atoms with Gasteiger partial charge in [0.15, 0.2) is 0 Å². The smallest absolute Gasteiger partial charge is 0.0124 e. The van der Waals surface area contributed by atoms with Gasteiger partial charge in [0.25, 0.3) is 0 Å². The molecule has 0 bridgehead atoms. The molecule has 2 rings (SSSR count). The zero-order valence-corrected chi connectivity index (χ0v) is 8.45. The van der Waals surface area contributed by atoms with Gasteiger partial charge in [-0.25, -0.2) is 0 Å². The van der Waals surface area contributed by atoms with Crippen LogP contribution >= 0.6 is 0 Å². The third-order valence-electron chi connectivity index (χ3n) is 3.06. The Labute approximate surface area is 86.0 Å². The Bertz CT molecular complexity index is 305. The molecule has 0 aromatic carbocycles. The van der Waals surface area contributed by atoms with Gasteiger partial charge in [0.05, 0.1) is 0 Å². The SMILES string of the molecule is C=C1C[C@H]2\C=C/C=C\C=C/[C@H]2CC1=C. The van der Waals surface area contributed by atoms with Gasteiger partial charge in [-0.15, -0.1) is 0 Å². The summed E-state index contributed by atoms with van der Waals surface area (Å²) in [6, 6.07) is 0. The van der Waals surface area contributed by atoms with Crippen molar-refractivity contribution in [1.82, 2.24) is 0 Å². The van der Waals surface area contributed by atoms with E-state index in [2.05, 4.69) is 49.6 Å². The van der Waals surface area contributed by atoms with Crippen LogP contribution in [-0.4, -0.2) is 0 Å². The van der Waals surface area contributed by atoms with Gasteiger partial charge in [0.1, 0.15) is 0 Å². The largest absolute Gasteiger partial charge is 0.0956 e. The average molecular weight is 184 g/mol. The van der Waals surface area contributed by atoms with E-state index in [9.17, 15) is 0 Å². The summed E-state index contributed by atoms with van der Waals surface area (Å²) in [5.74, 6) is 1.24. The molecule has 0 unspecified atom stereocenters. The fourth-order valence-electron chi connectivity index (χ4n) is 2.12. The molecule has 0 radical (unpaired) electrons. The van der Waals surface area contributed by atoms with Crippen molar-refractivity contribution in [2.45, 2.75) is 12.8 Å². The lowest BCUT2D eigenvalue weighted by molar-refractivity contribution is 0.439. The molecule has 0 amide bonds. The van der Waals surface area contributed by atoms with Crippen LogP contribution in [0.2, 0.25) is 0 Å². The van der Waals surface area contributed by atoms with E-state index in [4.69, 9.17) is 0 Å². The highest BCUT2D eigenvalue weighted by Gasteiger charge is 2.24. The number of hydrogen-bond acceptors (Lipinski definition) is 0. The van der Waals surface area contributed by atoms with E-state index in [-0.39, 0.29) is 0 Å². The van der Waals surface area contributed by atoms with E-state index in [1.165, 1.54) is 11.1 Å². The summed E-state index contributed by atoms with van der Waals surface area (Å²) < 4.78 is 0. The zero-order chi connectivity index (χ0) is 9.97. The van der Waals surface area contributed by atoms with Crippen LogP contribution in [0.4, 0.5) is 0 Å². The summed E-state index contributed by atoms with van der Waals surface area (Å²) in [5.41, 5.74) is 2.46. The van der Waals surface area contributed by atoms with Gasteiger partial charge < -0.3 is 0 Å². The van der Waals surface area contributed by atoms with E-state index in [1.54, 1.807) is 0 Å². The van der Waals surface area contributed by atoms with Crippen LogP contribution in [0.25, 0.3) is 0 Å². The molecule has 0 heteroatoms. The first-order valence-corrected chi connectivity index (χ1v) is 5.15. The van der Waals surface area contributed by atoms with Crippen molar-refractivity contribution in [3.8, 4) is 0 Å². The van der Waals surface area contributed by atoms with Gasteiger partial charge in [-0.05, 0) is 24.7 Å². The van der Waals surface area contributed by atoms with Crippen molar-refractivity contribution >= 4 is 0 Å². The quantitative estimate of drug-likeness (QED) is 0.537. The summed E-state index contributed by atoms with van der Waals surface area (Å²) in [6.45, 7) is 8.13.